The van der Waals surface area contributed by atoms with Gasteiger partial charge in [-0.15, -0.1) is 0 Å². The molecule has 0 radical (unpaired) electrons. The molecule has 1 N–H and O–H groups in total. The summed E-state index contributed by atoms with van der Waals surface area (Å²) in [5.74, 6) is -0.493. The molecule has 9 heteroatoms. The minimum Gasteiger partial charge on any atom is -0.352 e. The molecular weight excluding hydrogens is 312 g/mol. The number of hydrogen-bond acceptors (Lipinski definition) is 5. The van der Waals surface area contributed by atoms with Gasteiger partial charge in [0.1, 0.15) is 11.4 Å². The second-order valence-corrected chi connectivity index (χ2v) is 5.99. The van der Waals surface area contributed by atoms with Gasteiger partial charge in [-0.25, -0.2) is 0 Å². The van der Waals surface area contributed by atoms with E-state index in [1.54, 1.807) is 25.5 Å². The van der Waals surface area contributed by atoms with Crippen LogP contribution in [0.4, 0.5) is 5.69 Å². The maximum atomic E-state index is 12.3. The van der Waals surface area contributed by atoms with E-state index >= 15 is 0 Å². The van der Waals surface area contributed by atoms with Crippen LogP contribution >= 0.6 is 0 Å². The van der Waals surface area contributed by atoms with Crippen LogP contribution in [0.3, 0.4) is 0 Å². The van der Waals surface area contributed by atoms with Gasteiger partial charge >= 0.3 is 5.69 Å². The minimum atomic E-state index is -0.440. The van der Waals surface area contributed by atoms with E-state index in [0.29, 0.717) is 24.5 Å². The lowest BCUT2D eigenvalue weighted by molar-refractivity contribution is -0.386. The SMILES string of the molecule is Cc1nn(C)cc1CNC(=O)C(C)Cn1nc(C)c([N+](=O)[O-])c1C. The molecule has 0 saturated carbocycles. The molecule has 2 aromatic rings. The van der Waals surface area contributed by atoms with Crippen LogP contribution in [-0.2, 0) is 24.9 Å². The van der Waals surface area contributed by atoms with E-state index in [9.17, 15) is 14.9 Å². The topological polar surface area (TPSA) is 108 Å². The van der Waals surface area contributed by atoms with Gasteiger partial charge < -0.3 is 5.32 Å². The molecule has 1 unspecified atom stereocenters. The normalized spacial score (nSPS) is 12.2. The molecule has 0 spiro atoms. The summed E-state index contributed by atoms with van der Waals surface area (Å²) in [5.41, 5.74) is 2.66. The first-order valence-corrected chi connectivity index (χ1v) is 7.66. The monoisotopic (exact) mass is 334 g/mol. The zero-order valence-corrected chi connectivity index (χ0v) is 14.5. The molecule has 0 bridgehead atoms. The Morgan fingerprint density at radius 3 is 2.50 bits per heavy atom. The van der Waals surface area contributed by atoms with Gasteiger partial charge in [0.25, 0.3) is 0 Å². The Bertz CT molecular complexity index is 777. The Balaban J connectivity index is 2.00. The van der Waals surface area contributed by atoms with Gasteiger partial charge in [0.15, 0.2) is 0 Å². The first kappa shape index (κ1) is 17.6. The van der Waals surface area contributed by atoms with Crippen LogP contribution in [0.2, 0.25) is 0 Å². The number of hydrogen-bond donors (Lipinski definition) is 1. The Morgan fingerprint density at radius 1 is 1.33 bits per heavy atom. The number of rotatable bonds is 6. The quantitative estimate of drug-likeness (QED) is 0.634. The second-order valence-electron chi connectivity index (χ2n) is 5.99. The van der Waals surface area contributed by atoms with Crippen LogP contribution < -0.4 is 5.32 Å². The molecular formula is C15H22N6O3. The summed E-state index contributed by atoms with van der Waals surface area (Å²) < 4.78 is 3.22. The zero-order valence-electron chi connectivity index (χ0n) is 14.5. The number of aryl methyl sites for hydroxylation is 3. The summed E-state index contributed by atoms with van der Waals surface area (Å²) in [6.45, 7) is 7.59. The van der Waals surface area contributed by atoms with Crippen molar-refractivity contribution in [1.29, 1.82) is 0 Å². The summed E-state index contributed by atoms with van der Waals surface area (Å²) in [7, 11) is 1.83. The van der Waals surface area contributed by atoms with Crippen LogP contribution in [0.1, 0.15) is 29.6 Å². The van der Waals surface area contributed by atoms with Crippen LogP contribution in [-0.4, -0.2) is 30.4 Å². The van der Waals surface area contributed by atoms with Crippen molar-refractivity contribution >= 4 is 11.6 Å². The fourth-order valence-corrected chi connectivity index (χ4v) is 2.65. The summed E-state index contributed by atoms with van der Waals surface area (Å²) in [6.07, 6.45) is 1.87. The fraction of sp³-hybridized carbons (Fsp3) is 0.533. The van der Waals surface area contributed by atoms with Crippen molar-refractivity contribution in [2.45, 2.75) is 40.8 Å². The van der Waals surface area contributed by atoms with Crippen LogP contribution in [0, 0.1) is 36.8 Å². The lowest BCUT2D eigenvalue weighted by Gasteiger charge is -2.13. The van der Waals surface area contributed by atoms with Crippen molar-refractivity contribution in [2.24, 2.45) is 13.0 Å². The number of amides is 1. The zero-order chi connectivity index (χ0) is 18.0. The average molecular weight is 334 g/mol. The number of nitrogens with one attached hydrogen (secondary N) is 1. The molecule has 2 aromatic heterocycles. The number of nitro groups is 1. The van der Waals surface area contributed by atoms with Crippen molar-refractivity contribution < 1.29 is 9.72 Å². The molecule has 0 fully saturated rings. The lowest BCUT2D eigenvalue weighted by atomic mass is 10.1. The highest BCUT2D eigenvalue weighted by Gasteiger charge is 2.24. The second kappa shape index (κ2) is 6.81. The predicted octanol–water partition coefficient (Wildman–Crippen LogP) is 1.40. The summed E-state index contributed by atoms with van der Waals surface area (Å²) in [4.78, 5) is 22.9. The van der Waals surface area contributed by atoms with Gasteiger partial charge in [-0.05, 0) is 20.8 Å². The molecule has 1 amide bonds. The van der Waals surface area contributed by atoms with Crippen molar-refractivity contribution in [3.8, 4) is 0 Å². The highest BCUT2D eigenvalue weighted by molar-refractivity contribution is 5.78. The van der Waals surface area contributed by atoms with Crippen LogP contribution in [0.25, 0.3) is 0 Å². The Morgan fingerprint density at radius 2 is 2.00 bits per heavy atom. The van der Waals surface area contributed by atoms with Gasteiger partial charge in [-0.2, -0.15) is 10.2 Å². The lowest BCUT2D eigenvalue weighted by Crippen LogP contribution is -2.31. The molecule has 0 aliphatic heterocycles. The van der Waals surface area contributed by atoms with Crippen molar-refractivity contribution in [2.75, 3.05) is 0 Å². The first-order valence-electron chi connectivity index (χ1n) is 7.66. The van der Waals surface area contributed by atoms with E-state index in [1.807, 2.05) is 20.2 Å². The summed E-state index contributed by atoms with van der Waals surface area (Å²) in [5, 5.41) is 22.3. The maximum absolute atomic E-state index is 12.3. The standard InChI is InChI=1S/C15H22N6O3/c1-9(7-20-12(4)14(21(23)24)11(3)18-20)15(22)16-6-13-8-19(5)17-10(13)2/h8-9H,6-7H2,1-5H3,(H,16,22). The smallest absolute Gasteiger partial charge is 0.312 e. The molecule has 0 aliphatic rings. The highest BCUT2D eigenvalue weighted by atomic mass is 16.6. The van der Waals surface area contributed by atoms with Crippen molar-refractivity contribution in [3.05, 3.63) is 39.0 Å². The molecule has 0 aliphatic carbocycles. The van der Waals surface area contributed by atoms with E-state index in [4.69, 9.17) is 0 Å². The van der Waals surface area contributed by atoms with Gasteiger partial charge in [0.05, 0.1) is 23.1 Å². The van der Waals surface area contributed by atoms with Crippen molar-refractivity contribution in [3.63, 3.8) is 0 Å². The van der Waals surface area contributed by atoms with E-state index < -0.39 is 4.92 Å². The van der Waals surface area contributed by atoms with Gasteiger partial charge in [0.2, 0.25) is 5.91 Å². The third-order valence-corrected chi connectivity index (χ3v) is 3.99. The molecule has 1 atom stereocenters. The Labute approximate surface area is 139 Å². The first-order chi connectivity index (χ1) is 11.2. The van der Waals surface area contributed by atoms with Crippen LogP contribution in [0.15, 0.2) is 6.20 Å². The predicted molar refractivity (Wildman–Crippen MR) is 87.3 cm³/mol. The summed E-state index contributed by atoms with van der Waals surface area (Å²) >= 11 is 0. The highest BCUT2D eigenvalue weighted by Crippen LogP contribution is 2.22. The summed E-state index contributed by atoms with van der Waals surface area (Å²) in [6, 6.07) is 0. The van der Waals surface area contributed by atoms with E-state index in [2.05, 4.69) is 15.5 Å². The largest absolute Gasteiger partial charge is 0.352 e. The third kappa shape index (κ3) is 3.61. The maximum Gasteiger partial charge on any atom is 0.312 e. The third-order valence-electron chi connectivity index (χ3n) is 3.99. The molecule has 24 heavy (non-hydrogen) atoms. The van der Waals surface area contributed by atoms with E-state index in [1.165, 1.54) is 4.68 Å². The molecule has 2 heterocycles. The Hall–Kier alpha value is -2.71. The minimum absolute atomic E-state index is 0.00796. The Kier molecular flexibility index (Phi) is 5.01. The van der Waals surface area contributed by atoms with Gasteiger partial charge in [0, 0.05) is 25.4 Å². The van der Waals surface area contributed by atoms with E-state index in [-0.39, 0.29) is 17.5 Å². The number of nitrogens with zero attached hydrogens (tertiary/aromatic N) is 5. The van der Waals surface area contributed by atoms with E-state index in [0.717, 1.165) is 11.3 Å². The van der Waals surface area contributed by atoms with Gasteiger partial charge in [-0.1, -0.05) is 6.92 Å². The molecule has 2 rings (SSSR count). The van der Waals surface area contributed by atoms with Gasteiger partial charge in [-0.3, -0.25) is 24.3 Å². The fourth-order valence-electron chi connectivity index (χ4n) is 2.65. The molecule has 0 saturated heterocycles. The molecule has 9 nitrogen and oxygen atoms in total. The average Bonchev–Trinajstić information content (AvgIpc) is 2.95. The number of aromatic nitrogens is 4. The van der Waals surface area contributed by atoms with Crippen LogP contribution in [0.5, 0.6) is 0 Å². The molecule has 130 valence electrons. The molecule has 0 aromatic carbocycles. The number of carbonyl (C=O) groups excluding carboxylic acids is 1. The number of carbonyl (C=O) groups is 1. The van der Waals surface area contributed by atoms with Crippen molar-refractivity contribution in [1.82, 2.24) is 24.9 Å².